The van der Waals surface area contributed by atoms with Gasteiger partial charge in [0.1, 0.15) is 0 Å². The van der Waals surface area contributed by atoms with Crippen LogP contribution in [0.3, 0.4) is 0 Å². The number of hydrogen-bond acceptors (Lipinski definition) is 4. The molecule has 0 saturated carbocycles. The van der Waals surface area contributed by atoms with Gasteiger partial charge in [0.15, 0.2) is 0 Å². The van der Waals surface area contributed by atoms with E-state index in [-0.39, 0.29) is 0 Å². The summed E-state index contributed by atoms with van der Waals surface area (Å²) in [5.74, 6) is 0. The van der Waals surface area contributed by atoms with Crippen LogP contribution in [0.4, 0.5) is 0 Å². The van der Waals surface area contributed by atoms with Crippen LogP contribution in [0.15, 0.2) is 30.3 Å². The number of ether oxygens (including phenoxy) is 1. The van der Waals surface area contributed by atoms with E-state index in [9.17, 15) is 5.11 Å². The summed E-state index contributed by atoms with van der Waals surface area (Å²) in [6.07, 6.45) is 5.02. The number of rotatable bonds is 6. The Balaban J connectivity index is 1.34. The van der Waals surface area contributed by atoms with Crippen molar-refractivity contribution >= 4 is 0 Å². The van der Waals surface area contributed by atoms with E-state index in [4.69, 9.17) is 4.74 Å². The maximum Gasteiger partial charge on any atom is 0.0815 e. The summed E-state index contributed by atoms with van der Waals surface area (Å²) < 4.78 is 5.34. The van der Waals surface area contributed by atoms with Gasteiger partial charge in [0.05, 0.1) is 5.60 Å². The van der Waals surface area contributed by atoms with Gasteiger partial charge in [0.2, 0.25) is 0 Å². The number of piperidine rings is 1. The summed E-state index contributed by atoms with van der Waals surface area (Å²) in [5, 5.41) is 14.1. The molecule has 3 rings (SSSR count). The zero-order chi connectivity index (χ0) is 16.0. The molecule has 0 aromatic heterocycles. The number of nitrogens with zero attached hydrogens (tertiary/aromatic N) is 1. The molecule has 2 aliphatic heterocycles. The van der Waals surface area contributed by atoms with Gasteiger partial charge in [-0.3, -0.25) is 0 Å². The van der Waals surface area contributed by atoms with E-state index >= 15 is 0 Å². The first-order chi connectivity index (χ1) is 11.2. The Morgan fingerprint density at radius 1 is 1.13 bits per heavy atom. The number of likely N-dealkylation sites (tertiary alicyclic amines) is 1. The smallest absolute Gasteiger partial charge is 0.0815 e. The van der Waals surface area contributed by atoms with Gasteiger partial charge < -0.3 is 20.1 Å². The van der Waals surface area contributed by atoms with Crippen LogP contribution >= 0.6 is 0 Å². The van der Waals surface area contributed by atoms with Gasteiger partial charge >= 0.3 is 0 Å². The maximum atomic E-state index is 10.5. The second-order valence-corrected chi connectivity index (χ2v) is 7.07. The normalized spacial score (nSPS) is 23.0. The van der Waals surface area contributed by atoms with Crippen LogP contribution in [0.5, 0.6) is 0 Å². The minimum atomic E-state index is -0.553. The van der Waals surface area contributed by atoms with Gasteiger partial charge in [-0.05, 0) is 37.9 Å². The second kappa shape index (κ2) is 8.25. The Morgan fingerprint density at radius 3 is 2.52 bits per heavy atom. The van der Waals surface area contributed by atoms with Crippen molar-refractivity contribution in [3.63, 3.8) is 0 Å². The van der Waals surface area contributed by atoms with Crippen molar-refractivity contribution in [3.8, 4) is 0 Å². The van der Waals surface area contributed by atoms with Crippen molar-refractivity contribution in [3.05, 3.63) is 35.9 Å². The Hall–Kier alpha value is -0.940. The molecule has 2 aliphatic rings. The number of hydrogen-bond donors (Lipinski definition) is 2. The monoisotopic (exact) mass is 318 g/mol. The summed E-state index contributed by atoms with van der Waals surface area (Å²) in [6.45, 7) is 5.56. The molecule has 2 heterocycles. The minimum absolute atomic E-state index is 0.551. The topological polar surface area (TPSA) is 44.7 Å². The molecule has 0 bridgehead atoms. The molecular formula is C19H30N2O2. The van der Waals surface area contributed by atoms with E-state index in [1.807, 2.05) is 0 Å². The van der Waals surface area contributed by atoms with E-state index in [1.165, 1.54) is 18.4 Å². The van der Waals surface area contributed by atoms with Crippen LogP contribution in [0.2, 0.25) is 0 Å². The highest BCUT2D eigenvalue weighted by Gasteiger charge is 2.30. The predicted molar refractivity (Wildman–Crippen MR) is 92.6 cm³/mol. The average Bonchev–Trinajstić information content (AvgIpc) is 2.61. The summed E-state index contributed by atoms with van der Waals surface area (Å²) in [4.78, 5) is 2.56. The molecule has 0 amide bonds. The summed E-state index contributed by atoms with van der Waals surface area (Å²) in [5.41, 5.74) is 0.873. The molecule has 0 aliphatic carbocycles. The van der Waals surface area contributed by atoms with Crippen molar-refractivity contribution in [2.45, 2.75) is 43.7 Å². The zero-order valence-electron chi connectivity index (χ0n) is 14.0. The lowest BCUT2D eigenvalue weighted by molar-refractivity contribution is -0.0634. The highest BCUT2D eigenvalue weighted by Crippen LogP contribution is 2.20. The Morgan fingerprint density at radius 2 is 1.83 bits per heavy atom. The largest absolute Gasteiger partial charge is 0.388 e. The molecule has 23 heavy (non-hydrogen) atoms. The fourth-order valence-corrected chi connectivity index (χ4v) is 3.56. The third kappa shape index (κ3) is 5.28. The number of aliphatic hydroxyl groups is 1. The first-order valence-electron chi connectivity index (χ1n) is 9.03. The van der Waals surface area contributed by atoms with E-state index in [2.05, 4.69) is 40.5 Å². The highest BCUT2D eigenvalue weighted by atomic mass is 16.5. The lowest BCUT2D eigenvalue weighted by Gasteiger charge is -2.36. The van der Waals surface area contributed by atoms with Crippen LogP contribution < -0.4 is 5.32 Å². The van der Waals surface area contributed by atoms with E-state index < -0.39 is 5.60 Å². The summed E-state index contributed by atoms with van der Waals surface area (Å²) in [6, 6.07) is 11.3. The van der Waals surface area contributed by atoms with Crippen LogP contribution in [0.25, 0.3) is 0 Å². The molecule has 0 radical (unpaired) electrons. The molecule has 4 nitrogen and oxygen atoms in total. The van der Waals surface area contributed by atoms with Crippen molar-refractivity contribution in [1.82, 2.24) is 10.2 Å². The van der Waals surface area contributed by atoms with Crippen LogP contribution in [0, 0.1) is 0 Å². The predicted octanol–water partition coefficient (Wildman–Crippen LogP) is 1.82. The fourth-order valence-electron chi connectivity index (χ4n) is 3.56. The van der Waals surface area contributed by atoms with Crippen LogP contribution in [-0.4, -0.2) is 61.0 Å². The maximum absolute atomic E-state index is 10.5. The molecule has 0 spiro atoms. The molecule has 2 fully saturated rings. The van der Waals surface area contributed by atoms with Gasteiger partial charge in [-0.15, -0.1) is 0 Å². The SMILES string of the molecule is OC1(CNC2CCN(CCc3ccccc3)CC2)CCOCC1. The lowest BCUT2D eigenvalue weighted by Crippen LogP contribution is -2.50. The third-order valence-corrected chi connectivity index (χ3v) is 5.29. The zero-order valence-corrected chi connectivity index (χ0v) is 14.0. The molecule has 0 unspecified atom stereocenters. The van der Waals surface area contributed by atoms with E-state index in [1.54, 1.807) is 0 Å². The molecule has 1 aromatic rings. The molecular weight excluding hydrogens is 288 g/mol. The molecule has 128 valence electrons. The highest BCUT2D eigenvalue weighted by molar-refractivity contribution is 5.14. The van der Waals surface area contributed by atoms with Crippen molar-refractivity contribution in [2.24, 2.45) is 0 Å². The van der Waals surface area contributed by atoms with Crippen molar-refractivity contribution in [2.75, 3.05) is 39.4 Å². The van der Waals surface area contributed by atoms with Gasteiger partial charge in [-0.2, -0.15) is 0 Å². The summed E-state index contributed by atoms with van der Waals surface area (Å²) in [7, 11) is 0. The average molecular weight is 318 g/mol. The van der Waals surface area contributed by atoms with E-state index in [0.29, 0.717) is 25.8 Å². The van der Waals surface area contributed by atoms with Gasteiger partial charge in [-0.1, -0.05) is 30.3 Å². The quantitative estimate of drug-likeness (QED) is 0.840. The van der Waals surface area contributed by atoms with Gasteiger partial charge in [0, 0.05) is 45.2 Å². The minimum Gasteiger partial charge on any atom is -0.388 e. The summed E-state index contributed by atoms with van der Waals surface area (Å²) >= 11 is 0. The first-order valence-corrected chi connectivity index (χ1v) is 9.03. The molecule has 4 heteroatoms. The van der Waals surface area contributed by atoms with Gasteiger partial charge in [0.25, 0.3) is 0 Å². The van der Waals surface area contributed by atoms with E-state index in [0.717, 1.165) is 38.9 Å². The van der Waals surface area contributed by atoms with Crippen LogP contribution in [-0.2, 0) is 11.2 Å². The number of nitrogens with one attached hydrogen (secondary N) is 1. The van der Waals surface area contributed by atoms with Crippen LogP contribution in [0.1, 0.15) is 31.2 Å². The molecule has 1 aromatic carbocycles. The fraction of sp³-hybridized carbons (Fsp3) is 0.684. The Kier molecular flexibility index (Phi) is 6.06. The van der Waals surface area contributed by atoms with Gasteiger partial charge in [-0.25, -0.2) is 0 Å². The third-order valence-electron chi connectivity index (χ3n) is 5.29. The van der Waals surface area contributed by atoms with Crippen molar-refractivity contribution < 1.29 is 9.84 Å². The molecule has 2 N–H and O–H groups in total. The molecule has 2 saturated heterocycles. The second-order valence-electron chi connectivity index (χ2n) is 7.07. The molecule has 0 atom stereocenters. The Bertz CT molecular complexity index is 452. The lowest BCUT2D eigenvalue weighted by atomic mass is 9.93. The standard InChI is InChI=1S/C19H30N2O2/c22-19(9-14-23-15-10-19)16-20-18-7-12-21(13-8-18)11-6-17-4-2-1-3-5-17/h1-5,18,20,22H,6-16H2. The Labute approximate surface area is 139 Å². The first kappa shape index (κ1) is 16.9. The van der Waals surface area contributed by atoms with Crippen molar-refractivity contribution in [1.29, 1.82) is 0 Å². The number of benzene rings is 1.